The molecule has 4 heteroatoms. The standard InChI is InChI=1S/C10H12FNO2/c1-2-9(12)8-5-6(11)3-4-7(8)10(13)14/h3-5,9H,2,12H2,1H3,(H,13,14)/t9-/m0/s1. The molecule has 1 rings (SSSR count). The molecule has 0 amide bonds. The molecule has 3 N–H and O–H groups in total. The van der Waals surface area contributed by atoms with Crippen molar-refractivity contribution in [2.75, 3.05) is 0 Å². The second-order valence-electron chi connectivity index (χ2n) is 3.05. The lowest BCUT2D eigenvalue weighted by Gasteiger charge is -2.12. The van der Waals surface area contributed by atoms with Crippen molar-refractivity contribution in [2.45, 2.75) is 19.4 Å². The second kappa shape index (κ2) is 4.19. The Balaban J connectivity index is 3.22. The van der Waals surface area contributed by atoms with E-state index in [4.69, 9.17) is 10.8 Å². The van der Waals surface area contributed by atoms with Gasteiger partial charge in [0.25, 0.3) is 0 Å². The minimum absolute atomic E-state index is 0.0701. The van der Waals surface area contributed by atoms with E-state index >= 15 is 0 Å². The summed E-state index contributed by atoms with van der Waals surface area (Å²) in [6.45, 7) is 1.82. The molecule has 3 nitrogen and oxygen atoms in total. The van der Waals surface area contributed by atoms with Crippen molar-refractivity contribution in [3.8, 4) is 0 Å². The quantitative estimate of drug-likeness (QED) is 0.778. The molecule has 1 aromatic carbocycles. The van der Waals surface area contributed by atoms with Gasteiger partial charge in [-0.15, -0.1) is 0 Å². The van der Waals surface area contributed by atoms with E-state index in [1.807, 2.05) is 6.92 Å². The van der Waals surface area contributed by atoms with E-state index in [1.165, 1.54) is 12.1 Å². The number of benzene rings is 1. The Bertz CT molecular complexity index is 352. The largest absolute Gasteiger partial charge is 0.478 e. The summed E-state index contributed by atoms with van der Waals surface area (Å²) in [5.74, 6) is -1.54. The summed E-state index contributed by atoms with van der Waals surface area (Å²) < 4.78 is 12.9. The predicted octanol–water partition coefficient (Wildman–Crippen LogP) is 1.93. The maximum absolute atomic E-state index is 12.9. The summed E-state index contributed by atoms with van der Waals surface area (Å²) >= 11 is 0. The molecule has 0 heterocycles. The average Bonchev–Trinajstić information content (AvgIpc) is 2.16. The first-order chi connectivity index (χ1) is 6.56. The smallest absolute Gasteiger partial charge is 0.336 e. The fourth-order valence-corrected chi connectivity index (χ4v) is 1.26. The Kier molecular flexibility index (Phi) is 3.19. The van der Waals surface area contributed by atoms with Gasteiger partial charge in [-0.3, -0.25) is 0 Å². The average molecular weight is 197 g/mol. The van der Waals surface area contributed by atoms with Crippen molar-refractivity contribution in [1.29, 1.82) is 0 Å². The van der Waals surface area contributed by atoms with E-state index in [1.54, 1.807) is 0 Å². The monoisotopic (exact) mass is 197 g/mol. The van der Waals surface area contributed by atoms with E-state index in [9.17, 15) is 9.18 Å². The van der Waals surface area contributed by atoms with Gasteiger partial charge in [0.05, 0.1) is 5.56 Å². The van der Waals surface area contributed by atoms with Gasteiger partial charge in [-0.05, 0) is 30.2 Å². The summed E-state index contributed by atoms with van der Waals surface area (Å²) in [5, 5.41) is 8.82. The summed E-state index contributed by atoms with van der Waals surface area (Å²) in [7, 11) is 0. The van der Waals surface area contributed by atoms with Crippen LogP contribution in [0.2, 0.25) is 0 Å². The molecule has 0 spiro atoms. The van der Waals surface area contributed by atoms with Crippen LogP contribution in [0.5, 0.6) is 0 Å². The number of carboxylic acid groups (broad SMARTS) is 1. The topological polar surface area (TPSA) is 63.3 Å². The summed E-state index contributed by atoms with van der Waals surface area (Å²) in [5.41, 5.74) is 6.09. The molecule has 0 aliphatic carbocycles. The van der Waals surface area contributed by atoms with Gasteiger partial charge in [0, 0.05) is 6.04 Å². The molecule has 76 valence electrons. The molecule has 0 saturated carbocycles. The molecule has 0 fully saturated rings. The van der Waals surface area contributed by atoms with Crippen molar-refractivity contribution < 1.29 is 14.3 Å². The molecule has 0 radical (unpaired) electrons. The lowest BCUT2D eigenvalue weighted by molar-refractivity contribution is 0.0695. The van der Waals surface area contributed by atoms with Gasteiger partial charge < -0.3 is 10.8 Å². The van der Waals surface area contributed by atoms with Crippen LogP contribution in [-0.4, -0.2) is 11.1 Å². The van der Waals surface area contributed by atoms with Crippen LogP contribution in [0.1, 0.15) is 35.3 Å². The zero-order valence-electron chi connectivity index (χ0n) is 7.83. The number of aromatic carboxylic acids is 1. The van der Waals surface area contributed by atoms with Gasteiger partial charge in [0.1, 0.15) is 5.82 Å². The second-order valence-corrected chi connectivity index (χ2v) is 3.05. The number of nitrogens with two attached hydrogens (primary N) is 1. The molecule has 0 bridgehead atoms. The van der Waals surface area contributed by atoms with Crippen LogP contribution >= 0.6 is 0 Å². The van der Waals surface area contributed by atoms with Gasteiger partial charge in [-0.25, -0.2) is 9.18 Å². The molecule has 0 unspecified atom stereocenters. The van der Waals surface area contributed by atoms with E-state index in [2.05, 4.69) is 0 Å². The maximum atomic E-state index is 12.9. The number of halogens is 1. The lowest BCUT2D eigenvalue weighted by atomic mass is 9.99. The Morgan fingerprint density at radius 3 is 2.79 bits per heavy atom. The zero-order valence-corrected chi connectivity index (χ0v) is 7.83. The molecular weight excluding hydrogens is 185 g/mol. The molecule has 0 aliphatic heterocycles. The van der Waals surface area contributed by atoms with Crippen LogP contribution in [0.3, 0.4) is 0 Å². The molecule has 1 atom stereocenters. The van der Waals surface area contributed by atoms with Crippen LogP contribution in [-0.2, 0) is 0 Å². The number of rotatable bonds is 3. The van der Waals surface area contributed by atoms with Crippen molar-refractivity contribution in [3.05, 3.63) is 35.1 Å². The minimum atomic E-state index is -1.08. The van der Waals surface area contributed by atoms with E-state index in [0.29, 0.717) is 12.0 Å². The minimum Gasteiger partial charge on any atom is -0.478 e. The zero-order chi connectivity index (χ0) is 10.7. The predicted molar refractivity (Wildman–Crippen MR) is 50.6 cm³/mol. The molecule has 0 aliphatic rings. The normalized spacial score (nSPS) is 12.5. The fraction of sp³-hybridized carbons (Fsp3) is 0.300. The van der Waals surface area contributed by atoms with Crippen LogP contribution in [0.25, 0.3) is 0 Å². The van der Waals surface area contributed by atoms with Gasteiger partial charge in [0.2, 0.25) is 0 Å². The number of carbonyl (C=O) groups is 1. The molecule has 14 heavy (non-hydrogen) atoms. The molecular formula is C10H12FNO2. The Morgan fingerprint density at radius 2 is 2.29 bits per heavy atom. The SMILES string of the molecule is CC[C@H](N)c1cc(F)ccc1C(=O)O. The third kappa shape index (κ3) is 2.09. The van der Waals surface area contributed by atoms with Crippen molar-refractivity contribution in [2.24, 2.45) is 5.73 Å². The number of hydrogen-bond donors (Lipinski definition) is 2. The van der Waals surface area contributed by atoms with E-state index in [-0.39, 0.29) is 5.56 Å². The van der Waals surface area contributed by atoms with Crippen LogP contribution < -0.4 is 5.73 Å². The van der Waals surface area contributed by atoms with Crippen molar-refractivity contribution >= 4 is 5.97 Å². The Morgan fingerprint density at radius 1 is 1.64 bits per heavy atom. The van der Waals surface area contributed by atoms with Crippen molar-refractivity contribution in [3.63, 3.8) is 0 Å². The molecule has 1 aromatic rings. The molecule has 0 saturated heterocycles. The summed E-state index contributed by atoms with van der Waals surface area (Å²) in [6, 6.07) is 3.10. The van der Waals surface area contributed by atoms with E-state index in [0.717, 1.165) is 6.07 Å². The van der Waals surface area contributed by atoms with Crippen LogP contribution in [0.4, 0.5) is 4.39 Å². The van der Waals surface area contributed by atoms with Crippen LogP contribution in [0, 0.1) is 5.82 Å². The van der Waals surface area contributed by atoms with Gasteiger partial charge >= 0.3 is 5.97 Å². The van der Waals surface area contributed by atoms with Crippen molar-refractivity contribution in [1.82, 2.24) is 0 Å². The maximum Gasteiger partial charge on any atom is 0.336 e. The first-order valence-electron chi connectivity index (χ1n) is 4.34. The highest BCUT2D eigenvalue weighted by Crippen LogP contribution is 2.20. The first-order valence-corrected chi connectivity index (χ1v) is 4.34. The highest BCUT2D eigenvalue weighted by atomic mass is 19.1. The Labute approximate surface area is 81.4 Å². The third-order valence-electron chi connectivity index (χ3n) is 2.08. The highest BCUT2D eigenvalue weighted by Gasteiger charge is 2.15. The first kappa shape index (κ1) is 10.7. The lowest BCUT2D eigenvalue weighted by Crippen LogP contribution is -2.14. The van der Waals surface area contributed by atoms with Gasteiger partial charge in [-0.1, -0.05) is 6.92 Å². The van der Waals surface area contributed by atoms with Gasteiger partial charge in [0.15, 0.2) is 0 Å². The number of hydrogen-bond acceptors (Lipinski definition) is 2. The van der Waals surface area contributed by atoms with E-state index < -0.39 is 17.8 Å². The van der Waals surface area contributed by atoms with Crippen LogP contribution in [0.15, 0.2) is 18.2 Å². The Hall–Kier alpha value is -1.42. The molecule has 0 aromatic heterocycles. The highest BCUT2D eigenvalue weighted by molar-refractivity contribution is 5.89. The third-order valence-corrected chi connectivity index (χ3v) is 2.08. The summed E-state index contributed by atoms with van der Waals surface area (Å²) in [4.78, 5) is 10.8. The number of carboxylic acids is 1. The van der Waals surface area contributed by atoms with Gasteiger partial charge in [-0.2, -0.15) is 0 Å². The fourth-order valence-electron chi connectivity index (χ4n) is 1.26. The summed E-state index contributed by atoms with van der Waals surface area (Å²) in [6.07, 6.45) is 0.573.